The van der Waals surface area contributed by atoms with E-state index in [0.29, 0.717) is 30.2 Å². The Morgan fingerprint density at radius 2 is 2.06 bits per heavy atom. The SMILES string of the molecule is CN(CC(=O)CC(C)(C)C)c1nc(-c2cc(OC[C@H](O)CO)ccn2)nc2c1CCC2. The van der Waals surface area contributed by atoms with Crippen LogP contribution in [0.25, 0.3) is 11.5 Å². The molecule has 0 bridgehead atoms. The van der Waals surface area contributed by atoms with Crippen LogP contribution in [0.1, 0.15) is 44.9 Å². The molecule has 0 unspecified atom stereocenters. The lowest BCUT2D eigenvalue weighted by atomic mass is 9.90. The lowest BCUT2D eigenvalue weighted by molar-refractivity contribution is -0.119. The Kier molecular flexibility index (Phi) is 7.23. The van der Waals surface area contributed by atoms with Gasteiger partial charge in [-0.05, 0) is 30.7 Å². The third kappa shape index (κ3) is 6.21. The number of fused-ring (bicyclic) bond motifs is 1. The number of carbonyl (C=O) groups is 1. The molecule has 168 valence electrons. The fraction of sp³-hybridized carbons (Fsp3) is 0.565. The number of hydrogen-bond acceptors (Lipinski definition) is 8. The van der Waals surface area contributed by atoms with Crippen LogP contribution in [0.5, 0.6) is 5.75 Å². The number of aryl methyl sites for hydroxylation is 1. The Bertz CT molecular complexity index is 926. The number of rotatable bonds is 9. The molecule has 0 aliphatic heterocycles. The van der Waals surface area contributed by atoms with E-state index in [2.05, 4.69) is 25.8 Å². The maximum atomic E-state index is 12.5. The lowest BCUT2D eigenvalue weighted by Gasteiger charge is -2.23. The minimum Gasteiger partial charge on any atom is -0.491 e. The lowest BCUT2D eigenvalue weighted by Crippen LogP contribution is -2.30. The molecule has 2 N–H and O–H groups in total. The van der Waals surface area contributed by atoms with E-state index in [1.807, 2.05) is 11.9 Å². The zero-order chi connectivity index (χ0) is 22.6. The number of Topliss-reactive ketones (excluding diaryl/α,β-unsaturated/α-hetero) is 1. The number of hydrogen-bond donors (Lipinski definition) is 2. The summed E-state index contributed by atoms with van der Waals surface area (Å²) in [6.45, 7) is 6.10. The van der Waals surface area contributed by atoms with Crippen molar-refractivity contribution in [2.45, 2.75) is 52.6 Å². The van der Waals surface area contributed by atoms with Crippen molar-refractivity contribution >= 4 is 11.6 Å². The van der Waals surface area contributed by atoms with Crippen LogP contribution in [-0.2, 0) is 17.6 Å². The summed E-state index contributed by atoms with van der Waals surface area (Å²) in [5.41, 5.74) is 2.61. The van der Waals surface area contributed by atoms with E-state index in [-0.39, 0.29) is 24.4 Å². The number of likely N-dealkylation sites (N-methyl/N-ethyl adjacent to an activating group) is 1. The van der Waals surface area contributed by atoms with Gasteiger partial charge in [0.05, 0.1) is 13.2 Å². The molecule has 2 aromatic heterocycles. The van der Waals surface area contributed by atoms with E-state index >= 15 is 0 Å². The van der Waals surface area contributed by atoms with Gasteiger partial charge in [-0.2, -0.15) is 0 Å². The maximum absolute atomic E-state index is 12.5. The predicted octanol–water partition coefficient (Wildman–Crippen LogP) is 2.20. The maximum Gasteiger partial charge on any atom is 0.180 e. The summed E-state index contributed by atoms with van der Waals surface area (Å²) in [4.78, 5) is 28.3. The van der Waals surface area contributed by atoms with Gasteiger partial charge in [0.15, 0.2) is 11.6 Å². The molecule has 8 nitrogen and oxygen atoms in total. The molecule has 0 saturated heterocycles. The molecule has 8 heteroatoms. The fourth-order valence-electron chi connectivity index (χ4n) is 3.70. The zero-order valence-corrected chi connectivity index (χ0v) is 18.8. The quantitative estimate of drug-likeness (QED) is 0.626. The third-order valence-corrected chi connectivity index (χ3v) is 5.03. The molecular formula is C23H32N4O4. The highest BCUT2D eigenvalue weighted by Gasteiger charge is 2.24. The first-order valence-corrected chi connectivity index (χ1v) is 10.7. The smallest absolute Gasteiger partial charge is 0.180 e. The van der Waals surface area contributed by atoms with Crippen molar-refractivity contribution < 1.29 is 19.7 Å². The molecule has 0 amide bonds. The summed E-state index contributed by atoms with van der Waals surface area (Å²) in [6, 6.07) is 3.40. The van der Waals surface area contributed by atoms with Crippen LogP contribution in [0, 0.1) is 5.41 Å². The number of aliphatic hydroxyl groups is 2. The number of nitrogens with zero attached hydrogens (tertiary/aromatic N) is 4. The molecule has 1 atom stereocenters. The van der Waals surface area contributed by atoms with Crippen molar-refractivity contribution in [3.05, 3.63) is 29.6 Å². The first-order chi connectivity index (χ1) is 14.7. The van der Waals surface area contributed by atoms with E-state index in [1.165, 1.54) is 0 Å². The van der Waals surface area contributed by atoms with E-state index in [4.69, 9.17) is 19.8 Å². The van der Waals surface area contributed by atoms with Gasteiger partial charge in [0.1, 0.15) is 30.0 Å². The largest absolute Gasteiger partial charge is 0.491 e. The van der Waals surface area contributed by atoms with Crippen LogP contribution in [0.15, 0.2) is 18.3 Å². The van der Waals surface area contributed by atoms with Crippen molar-refractivity contribution in [2.24, 2.45) is 5.41 Å². The highest BCUT2D eigenvalue weighted by molar-refractivity contribution is 5.84. The molecule has 3 rings (SSSR count). The van der Waals surface area contributed by atoms with Crippen LogP contribution in [0.3, 0.4) is 0 Å². The number of pyridine rings is 1. The number of ketones is 1. The molecule has 0 spiro atoms. The average Bonchev–Trinajstić information content (AvgIpc) is 3.18. The van der Waals surface area contributed by atoms with Gasteiger partial charge in [0, 0.05) is 37.0 Å². The Labute approximate surface area is 183 Å². The van der Waals surface area contributed by atoms with E-state index in [0.717, 1.165) is 36.3 Å². The highest BCUT2D eigenvalue weighted by Crippen LogP contribution is 2.31. The standard InChI is InChI=1S/C23H32N4O4/c1-23(2,3)11-15(29)12-27(4)22-18-6-5-7-19(18)25-21(26-22)20-10-17(8-9-24-20)31-14-16(30)13-28/h8-10,16,28,30H,5-7,11-14H2,1-4H3/t16-/m1/s1. The molecule has 2 aromatic rings. The van der Waals surface area contributed by atoms with Gasteiger partial charge < -0.3 is 19.8 Å². The molecule has 0 saturated carbocycles. The summed E-state index contributed by atoms with van der Waals surface area (Å²) in [7, 11) is 1.90. The summed E-state index contributed by atoms with van der Waals surface area (Å²) >= 11 is 0. The molecule has 0 aromatic carbocycles. The second-order valence-electron chi connectivity index (χ2n) is 9.31. The minimum atomic E-state index is -0.946. The predicted molar refractivity (Wildman–Crippen MR) is 118 cm³/mol. The molecular weight excluding hydrogens is 396 g/mol. The van der Waals surface area contributed by atoms with Crippen LogP contribution >= 0.6 is 0 Å². The van der Waals surface area contributed by atoms with Gasteiger partial charge in [-0.15, -0.1) is 0 Å². The van der Waals surface area contributed by atoms with E-state index in [9.17, 15) is 9.90 Å². The normalized spacial score (nSPS) is 14.3. The van der Waals surface area contributed by atoms with Gasteiger partial charge in [0.25, 0.3) is 0 Å². The fourth-order valence-corrected chi connectivity index (χ4v) is 3.70. The van der Waals surface area contributed by atoms with Crippen LogP contribution in [0.2, 0.25) is 0 Å². The topological polar surface area (TPSA) is 109 Å². The Hall–Kier alpha value is -2.58. The van der Waals surface area contributed by atoms with E-state index < -0.39 is 6.10 Å². The summed E-state index contributed by atoms with van der Waals surface area (Å²) in [6.07, 6.45) is 3.96. The Morgan fingerprint density at radius 1 is 1.29 bits per heavy atom. The van der Waals surface area contributed by atoms with Crippen molar-refractivity contribution in [3.8, 4) is 17.3 Å². The van der Waals surface area contributed by atoms with Crippen molar-refractivity contribution in [2.75, 3.05) is 31.7 Å². The van der Waals surface area contributed by atoms with Gasteiger partial charge in [0.2, 0.25) is 0 Å². The Balaban J connectivity index is 1.86. The second-order valence-corrected chi connectivity index (χ2v) is 9.31. The zero-order valence-electron chi connectivity index (χ0n) is 18.8. The minimum absolute atomic E-state index is 0.0190. The van der Waals surface area contributed by atoms with Crippen LogP contribution in [-0.4, -0.2) is 63.9 Å². The monoisotopic (exact) mass is 428 g/mol. The summed E-state index contributed by atoms with van der Waals surface area (Å²) < 4.78 is 5.53. The number of aliphatic hydroxyl groups excluding tert-OH is 2. The van der Waals surface area contributed by atoms with E-state index in [1.54, 1.807) is 18.3 Å². The summed E-state index contributed by atoms with van der Waals surface area (Å²) in [5, 5.41) is 18.5. The number of anilines is 1. The first kappa shape index (κ1) is 23.1. The average molecular weight is 429 g/mol. The number of carbonyl (C=O) groups excluding carboxylic acids is 1. The van der Waals surface area contributed by atoms with Gasteiger partial charge in [-0.25, -0.2) is 9.97 Å². The van der Waals surface area contributed by atoms with Gasteiger partial charge in [-0.1, -0.05) is 20.8 Å². The highest BCUT2D eigenvalue weighted by atomic mass is 16.5. The molecule has 31 heavy (non-hydrogen) atoms. The first-order valence-electron chi connectivity index (χ1n) is 10.7. The van der Waals surface area contributed by atoms with Crippen molar-refractivity contribution in [1.29, 1.82) is 0 Å². The van der Waals surface area contributed by atoms with Gasteiger partial charge >= 0.3 is 0 Å². The Morgan fingerprint density at radius 3 is 2.77 bits per heavy atom. The second kappa shape index (κ2) is 9.70. The molecule has 0 radical (unpaired) electrons. The number of aromatic nitrogens is 3. The van der Waals surface area contributed by atoms with Crippen LogP contribution < -0.4 is 9.64 Å². The summed E-state index contributed by atoms with van der Waals surface area (Å²) in [5.74, 6) is 1.96. The molecule has 1 aliphatic carbocycles. The van der Waals surface area contributed by atoms with Crippen molar-refractivity contribution in [3.63, 3.8) is 0 Å². The number of ether oxygens (including phenoxy) is 1. The molecule has 0 fully saturated rings. The van der Waals surface area contributed by atoms with Crippen molar-refractivity contribution in [1.82, 2.24) is 15.0 Å². The van der Waals surface area contributed by atoms with Crippen LogP contribution in [0.4, 0.5) is 5.82 Å². The van der Waals surface area contributed by atoms with Gasteiger partial charge in [-0.3, -0.25) is 9.78 Å². The third-order valence-electron chi connectivity index (χ3n) is 5.03. The molecule has 1 aliphatic rings. The molecule has 2 heterocycles.